The Morgan fingerprint density at radius 3 is 2.04 bits per heavy atom. The Bertz CT molecular complexity index is 594. The zero-order valence-corrected chi connectivity index (χ0v) is 13.1. The fraction of sp³-hybridized carbons (Fsp3) is 0.471. The van der Waals surface area contributed by atoms with E-state index < -0.39 is 0 Å². The van der Waals surface area contributed by atoms with Gasteiger partial charge in [-0.1, -0.05) is 25.0 Å². The van der Waals surface area contributed by atoms with Crippen LogP contribution in [0.1, 0.15) is 52.8 Å². The predicted molar refractivity (Wildman–Crippen MR) is 84.6 cm³/mol. The van der Waals surface area contributed by atoms with E-state index in [9.17, 15) is 14.4 Å². The van der Waals surface area contributed by atoms with Crippen molar-refractivity contribution in [3.05, 3.63) is 35.4 Å². The quantitative estimate of drug-likeness (QED) is 0.613. The van der Waals surface area contributed by atoms with Gasteiger partial charge in [0.15, 0.2) is 0 Å². The Morgan fingerprint density at radius 1 is 0.870 bits per heavy atom. The number of hydrogen-bond donors (Lipinski definition) is 1. The summed E-state index contributed by atoms with van der Waals surface area (Å²) in [7, 11) is 0. The monoisotopic (exact) mass is 315 g/mol. The molecular formula is C17H21N3O3. The van der Waals surface area contributed by atoms with Crippen molar-refractivity contribution in [3.63, 3.8) is 0 Å². The molecule has 1 aromatic rings. The Kier molecular flexibility index (Phi) is 4.71. The average Bonchev–Trinajstić information content (AvgIpc) is 3.07. The molecule has 1 N–H and O–H groups in total. The Balaban J connectivity index is 1.36. The first-order chi connectivity index (χ1) is 11.2. The van der Waals surface area contributed by atoms with Crippen LogP contribution in [0.2, 0.25) is 0 Å². The van der Waals surface area contributed by atoms with Gasteiger partial charge in [-0.2, -0.15) is 0 Å². The number of rotatable bonds is 7. The summed E-state index contributed by atoms with van der Waals surface area (Å²) < 4.78 is 0. The summed E-state index contributed by atoms with van der Waals surface area (Å²) in [5.41, 5.74) is 3.84. The lowest BCUT2D eigenvalue weighted by Gasteiger charge is -2.15. The number of amides is 3. The molecule has 0 saturated carbocycles. The number of benzene rings is 1. The second-order valence-electron chi connectivity index (χ2n) is 5.99. The molecule has 0 spiro atoms. The average molecular weight is 315 g/mol. The first-order valence-corrected chi connectivity index (χ1v) is 8.16. The van der Waals surface area contributed by atoms with Crippen LogP contribution in [-0.4, -0.2) is 47.3 Å². The fourth-order valence-electron chi connectivity index (χ4n) is 3.06. The van der Waals surface area contributed by atoms with E-state index in [1.54, 1.807) is 24.3 Å². The molecule has 6 heteroatoms. The summed E-state index contributed by atoms with van der Waals surface area (Å²) in [6, 6.07) is 6.98. The number of nitrogens with one attached hydrogen (secondary N) is 1. The third-order valence-corrected chi connectivity index (χ3v) is 4.33. The minimum absolute atomic E-state index is 0.0932. The highest BCUT2D eigenvalue weighted by Crippen LogP contribution is 2.22. The molecule has 2 heterocycles. The van der Waals surface area contributed by atoms with Gasteiger partial charge < -0.3 is 0 Å². The molecule has 0 atom stereocenters. The van der Waals surface area contributed by atoms with Crippen LogP contribution in [0.15, 0.2) is 24.3 Å². The number of carbonyl (C=O) groups is 3. The van der Waals surface area contributed by atoms with E-state index >= 15 is 0 Å². The van der Waals surface area contributed by atoms with Gasteiger partial charge in [0, 0.05) is 26.1 Å². The highest BCUT2D eigenvalue weighted by molar-refractivity contribution is 6.21. The van der Waals surface area contributed by atoms with Crippen molar-refractivity contribution in [1.29, 1.82) is 0 Å². The summed E-state index contributed by atoms with van der Waals surface area (Å²) in [6.45, 7) is 2.12. The van der Waals surface area contributed by atoms with Gasteiger partial charge in [-0.25, -0.2) is 5.01 Å². The molecular weight excluding hydrogens is 294 g/mol. The van der Waals surface area contributed by atoms with Crippen molar-refractivity contribution in [3.8, 4) is 0 Å². The van der Waals surface area contributed by atoms with E-state index in [4.69, 9.17) is 0 Å². The predicted octanol–water partition coefficient (Wildman–Crippen LogP) is 1.58. The lowest BCUT2D eigenvalue weighted by molar-refractivity contribution is -0.121. The molecule has 0 aliphatic carbocycles. The maximum atomic E-state index is 12.2. The topological polar surface area (TPSA) is 69.7 Å². The van der Waals surface area contributed by atoms with Crippen molar-refractivity contribution in [2.24, 2.45) is 0 Å². The van der Waals surface area contributed by atoms with Gasteiger partial charge in [0.1, 0.15) is 0 Å². The van der Waals surface area contributed by atoms with Gasteiger partial charge >= 0.3 is 0 Å². The Labute approximate surface area is 135 Å². The maximum Gasteiger partial charge on any atom is 0.261 e. The number of carbonyl (C=O) groups excluding carboxylic acids is 3. The number of imide groups is 1. The van der Waals surface area contributed by atoms with Crippen molar-refractivity contribution in [1.82, 2.24) is 15.3 Å². The molecule has 0 aromatic heterocycles. The van der Waals surface area contributed by atoms with Gasteiger partial charge in [0.05, 0.1) is 11.1 Å². The van der Waals surface area contributed by atoms with Gasteiger partial charge in [-0.05, 0) is 25.0 Å². The van der Waals surface area contributed by atoms with E-state index in [0.29, 0.717) is 24.1 Å². The summed E-state index contributed by atoms with van der Waals surface area (Å²) in [5.74, 6) is -0.258. The normalized spacial score (nSPS) is 17.7. The van der Waals surface area contributed by atoms with Crippen molar-refractivity contribution < 1.29 is 14.4 Å². The molecule has 23 heavy (non-hydrogen) atoms. The van der Waals surface area contributed by atoms with E-state index in [1.807, 2.05) is 5.01 Å². The lowest BCUT2D eigenvalue weighted by Crippen LogP contribution is -2.33. The molecule has 3 rings (SSSR count). The van der Waals surface area contributed by atoms with E-state index in [-0.39, 0.29) is 17.7 Å². The van der Waals surface area contributed by atoms with Crippen LogP contribution >= 0.6 is 0 Å². The molecule has 3 amide bonds. The van der Waals surface area contributed by atoms with Crippen LogP contribution in [0, 0.1) is 0 Å². The summed E-state index contributed by atoms with van der Waals surface area (Å²) >= 11 is 0. The second kappa shape index (κ2) is 6.91. The van der Waals surface area contributed by atoms with Gasteiger partial charge in [-0.15, -0.1) is 0 Å². The summed E-state index contributed by atoms with van der Waals surface area (Å²) in [5, 5.41) is 1.95. The van der Waals surface area contributed by atoms with Gasteiger partial charge in [-0.3, -0.25) is 24.7 Å². The van der Waals surface area contributed by atoms with Crippen LogP contribution in [0.25, 0.3) is 0 Å². The first-order valence-electron chi connectivity index (χ1n) is 8.16. The van der Waals surface area contributed by atoms with E-state index in [1.165, 1.54) is 4.90 Å². The van der Waals surface area contributed by atoms with Crippen LogP contribution in [0.3, 0.4) is 0 Å². The summed E-state index contributed by atoms with van der Waals surface area (Å²) in [4.78, 5) is 36.8. The smallest absolute Gasteiger partial charge is 0.261 e. The zero-order valence-electron chi connectivity index (χ0n) is 13.1. The number of nitrogens with zero attached hydrogens (tertiary/aromatic N) is 2. The molecule has 1 saturated heterocycles. The van der Waals surface area contributed by atoms with Crippen LogP contribution in [0.4, 0.5) is 0 Å². The highest BCUT2D eigenvalue weighted by Gasteiger charge is 2.34. The van der Waals surface area contributed by atoms with E-state index in [0.717, 1.165) is 38.8 Å². The third-order valence-electron chi connectivity index (χ3n) is 4.33. The molecule has 0 radical (unpaired) electrons. The third kappa shape index (κ3) is 3.42. The SMILES string of the molecule is O=C1CCN(CCCCCCN2C(=O)c3ccccc3C2=O)N1. The van der Waals surface area contributed by atoms with Crippen molar-refractivity contribution in [2.75, 3.05) is 19.6 Å². The van der Waals surface area contributed by atoms with Crippen LogP contribution < -0.4 is 5.43 Å². The number of unbranched alkanes of at least 4 members (excludes halogenated alkanes) is 3. The van der Waals surface area contributed by atoms with Crippen LogP contribution in [0.5, 0.6) is 0 Å². The van der Waals surface area contributed by atoms with Crippen LogP contribution in [-0.2, 0) is 4.79 Å². The highest BCUT2D eigenvalue weighted by atomic mass is 16.2. The summed E-state index contributed by atoms with van der Waals surface area (Å²) in [6.07, 6.45) is 4.39. The largest absolute Gasteiger partial charge is 0.289 e. The lowest BCUT2D eigenvalue weighted by atomic mass is 10.1. The Morgan fingerprint density at radius 2 is 1.48 bits per heavy atom. The standard InChI is InChI=1S/C17H21N3O3/c21-15-9-12-19(18-15)10-5-1-2-6-11-20-16(22)13-7-3-4-8-14(13)17(20)23/h3-4,7-8H,1-2,5-6,9-12H2,(H,18,21). The zero-order chi connectivity index (χ0) is 16.2. The molecule has 1 aromatic carbocycles. The molecule has 0 unspecified atom stereocenters. The van der Waals surface area contributed by atoms with Gasteiger partial charge in [0.25, 0.3) is 11.8 Å². The molecule has 0 bridgehead atoms. The molecule has 6 nitrogen and oxygen atoms in total. The number of hydrogen-bond acceptors (Lipinski definition) is 4. The van der Waals surface area contributed by atoms with Crippen molar-refractivity contribution >= 4 is 17.7 Å². The Hall–Kier alpha value is -2.21. The molecule has 2 aliphatic heterocycles. The maximum absolute atomic E-state index is 12.2. The first kappa shape index (κ1) is 15.7. The van der Waals surface area contributed by atoms with Gasteiger partial charge in [0.2, 0.25) is 5.91 Å². The fourth-order valence-corrected chi connectivity index (χ4v) is 3.06. The number of fused-ring (bicyclic) bond motifs is 1. The second-order valence-corrected chi connectivity index (χ2v) is 5.99. The minimum Gasteiger partial charge on any atom is -0.289 e. The molecule has 122 valence electrons. The molecule has 1 fully saturated rings. The van der Waals surface area contributed by atoms with Crippen molar-refractivity contribution in [2.45, 2.75) is 32.1 Å². The molecule has 2 aliphatic rings. The van der Waals surface area contributed by atoms with E-state index in [2.05, 4.69) is 5.43 Å². The number of hydrazine groups is 1. The minimum atomic E-state index is -0.176.